The Kier molecular flexibility index (Phi) is 7.21. The molecule has 0 unspecified atom stereocenters. The smallest absolute Gasteiger partial charge is 0.355 e. The van der Waals surface area contributed by atoms with Gasteiger partial charge in [-0.25, -0.2) is 9.59 Å². The topological polar surface area (TPSA) is 135 Å². The van der Waals surface area contributed by atoms with Gasteiger partial charge in [-0.3, -0.25) is 0 Å². The molecule has 0 saturated heterocycles. The molecule has 0 aliphatic carbocycles. The van der Waals surface area contributed by atoms with Gasteiger partial charge in [0.15, 0.2) is 18.1 Å². The van der Waals surface area contributed by atoms with E-state index in [4.69, 9.17) is 28.1 Å². The van der Waals surface area contributed by atoms with Crippen LogP contribution in [0.25, 0.3) is 11.5 Å². The van der Waals surface area contributed by atoms with Crippen LogP contribution in [0.3, 0.4) is 0 Å². The van der Waals surface area contributed by atoms with Crippen LogP contribution in [-0.2, 0) is 16.1 Å². The molecule has 1 N–H and O–H groups in total. The van der Waals surface area contributed by atoms with Crippen molar-refractivity contribution >= 4 is 11.9 Å². The van der Waals surface area contributed by atoms with Gasteiger partial charge < -0.3 is 33.1 Å². The lowest BCUT2D eigenvalue weighted by Gasteiger charge is -2.12. The summed E-state index contributed by atoms with van der Waals surface area (Å²) >= 11 is 0. The normalized spacial score (nSPS) is 10.6. The molecule has 0 bridgehead atoms. The first-order chi connectivity index (χ1) is 15.8. The zero-order valence-corrected chi connectivity index (χ0v) is 19.2. The highest BCUT2D eigenvalue weighted by Crippen LogP contribution is 2.40. The fourth-order valence-corrected chi connectivity index (χ4v) is 3.30. The van der Waals surface area contributed by atoms with Gasteiger partial charge in [0.1, 0.15) is 5.69 Å². The number of methoxy groups -OCH3 is 3. The monoisotopic (exact) mass is 459 g/mol. The molecule has 0 aliphatic rings. The second-order valence-electron chi connectivity index (χ2n) is 6.84. The van der Waals surface area contributed by atoms with Crippen LogP contribution in [0.1, 0.15) is 44.9 Å². The molecule has 2 aromatic heterocycles. The Hall–Kier alpha value is -4.02. The van der Waals surface area contributed by atoms with Crippen LogP contribution < -0.4 is 14.2 Å². The minimum Gasteiger partial charge on any atom is -0.493 e. The van der Waals surface area contributed by atoms with E-state index in [1.54, 1.807) is 32.9 Å². The van der Waals surface area contributed by atoms with Crippen LogP contribution in [0.4, 0.5) is 0 Å². The average Bonchev–Trinajstić information content (AvgIpc) is 3.40. The first-order valence-corrected chi connectivity index (χ1v) is 10.0. The summed E-state index contributed by atoms with van der Waals surface area (Å²) in [7, 11) is 4.50. The summed E-state index contributed by atoms with van der Waals surface area (Å²) in [6, 6.07) is 3.32. The van der Waals surface area contributed by atoms with Crippen LogP contribution in [0.2, 0.25) is 0 Å². The van der Waals surface area contributed by atoms with E-state index in [0.717, 1.165) is 0 Å². The number of esters is 2. The third kappa shape index (κ3) is 4.76. The first kappa shape index (κ1) is 23.6. The van der Waals surface area contributed by atoms with Crippen LogP contribution >= 0.6 is 0 Å². The fourth-order valence-electron chi connectivity index (χ4n) is 3.30. The lowest BCUT2D eigenvalue weighted by atomic mass is 10.1. The van der Waals surface area contributed by atoms with E-state index in [-0.39, 0.29) is 36.3 Å². The molecule has 176 valence electrons. The number of nitrogens with zero attached hydrogens (tertiary/aromatic N) is 2. The maximum absolute atomic E-state index is 12.6. The Morgan fingerprint density at radius 2 is 1.64 bits per heavy atom. The number of aryl methyl sites for hydroxylation is 1. The number of carbonyl (C=O) groups is 2. The van der Waals surface area contributed by atoms with Gasteiger partial charge in [0.05, 0.1) is 33.5 Å². The van der Waals surface area contributed by atoms with Crippen molar-refractivity contribution in [3.8, 4) is 28.7 Å². The van der Waals surface area contributed by atoms with Gasteiger partial charge in [0.2, 0.25) is 11.6 Å². The summed E-state index contributed by atoms with van der Waals surface area (Å²) in [5.41, 5.74) is 1.93. The maximum Gasteiger partial charge on any atom is 0.355 e. The third-order valence-electron chi connectivity index (χ3n) is 4.83. The van der Waals surface area contributed by atoms with E-state index in [1.165, 1.54) is 21.3 Å². The van der Waals surface area contributed by atoms with Crippen LogP contribution in [0.5, 0.6) is 17.2 Å². The van der Waals surface area contributed by atoms with Gasteiger partial charge in [-0.05, 0) is 38.5 Å². The molecule has 2 heterocycles. The number of aromatic amines is 1. The van der Waals surface area contributed by atoms with E-state index >= 15 is 0 Å². The number of aromatic nitrogens is 3. The number of benzene rings is 1. The Bertz CT molecular complexity index is 1140. The van der Waals surface area contributed by atoms with Crippen LogP contribution in [0.15, 0.2) is 16.5 Å². The van der Waals surface area contributed by atoms with Gasteiger partial charge in [-0.2, -0.15) is 0 Å². The highest BCUT2D eigenvalue weighted by Gasteiger charge is 2.24. The number of ether oxygens (including phenoxy) is 5. The number of carbonyl (C=O) groups excluding carboxylic acids is 2. The van der Waals surface area contributed by atoms with Crippen molar-refractivity contribution in [1.29, 1.82) is 0 Å². The number of H-pyrrole nitrogens is 1. The van der Waals surface area contributed by atoms with E-state index in [0.29, 0.717) is 34.1 Å². The molecule has 0 spiro atoms. The van der Waals surface area contributed by atoms with Crippen molar-refractivity contribution in [3.63, 3.8) is 0 Å². The number of nitrogens with one attached hydrogen (secondary N) is 1. The summed E-state index contributed by atoms with van der Waals surface area (Å²) in [6.45, 7) is 4.98. The summed E-state index contributed by atoms with van der Waals surface area (Å²) in [5, 5.41) is 7.92. The maximum atomic E-state index is 12.6. The Balaban J connectivity index is 1.76. The molecule has 11 heteroatoms. The number of hydrogen-bond acceptors (Lipinski definition) is 10. The quantitative estimate of drug-likeness (QED) is 0.475. The summed E-state index contributed by atoms with van der Waals surface area (Å²) in [6.07, 6.45) is 0. The number of hydrogen-bond donors (Lipinski definition) is 1. The van der Waals surface area contributed by atoms with Crippen molar-refractivity contribution < 1.29 is 37.7 Å². The van der Waals surface area contributed by atoms with E-state index < -0.39 is 11.9 Å². The lowest BCUT2D eigenvalue weighted by Crippen LogP contribution is -2.09. The van der Waals surface area contributed by atoms with Gasteiger partial charge in [0.25, 0.3) is 5.89 Å². The average molecular weight is 459 g/mol. The SMILES string of the molecule is CCOC(=O)c1[nH]c(C)c(C(=O)OCc2nnc(-c3cc(OC)c(OC)c(OC)c3)o2)c1C. The summed E-state index contributed by atoms with van der Waals surface area (Å²) in [4.78, 5) is 27.5. The van der Waals surface area contributed by atoms with Crippen molar-refractivity contribution in [1.82, 2.24) is 15.2 Å². The van der Waals surface area contributed by atoms with Crippen molar-refractivity contribution in [3.05, 3.63) is 40.5 Å². The van der Waals surface area contributed by atoms with Crippen molar-refractivity contribution in [2.75, 3.05) is 27.9 Å². The van der Waals surface area contributed by atoms with Gasteiger partial charge in [0, 0.05) is 11.3 Å². The van der Waals surface area contributed by atoms with Gasteiger partial charge >= 0.3 is 11.9 Å². The molecule has 0 atom stereocenters. The van der Waals surface area contributed by atoms with Crippen LogP contribution in [0, 0.1) is 13.8 Å². The minimum atomic E-state index is -0.635. The van der Waals surface area contributed by atoms with E-state index in [9.17, 15) is 9.59 Å². The molecule has 11 nitrogen and oxygen atoms in total. The first-order valence-electron chi connectivity index (χ1n) is 10.0. The van der Waals surface area contributed by atoms with Crippen molar-refractivity contribution in [2.24, 2.45) is 0 Å². The van der Waals surface area contributed by atoms with E-state index in [1.807, 2.05) is 0 Å². The molecule has 0 saturated carbocycles. The van der Waals surface area contributed by atoms with Crippen molar-refractivity contribution in [2.45, 2.75) is 27.4 Å². The molecule has 3 aromatic rings. The standard InChI is InChI=1S/C22H25N3O8/c1-7-31-22(27)18-11(2)17(12(3)23-18)21(26)32-10-16-24-25-20(33-16)13-8-14(28-4)19(30-6)15(9-13)29-5/h8-9,23H,7,10H2,1-6H3. The molecule has 3 rings (SSSR count). The molecule has 0 fully saturated rings. The summed E-state index contributed by atoms with van der Waals surface area (Å²) < 4.78 is 31.9. The second kappa shape index (κ2) is 10.1. The molecule has 0 radical (unpaired) electrons. The zero-order chi connectivity index (χ0) is 24.1. The molecule has 1 aromatic carbocycles. The predicted molar refractivity (Wildman–Crippen MR) is 115 cm³/mol. The highest BCUT2D eigenvalue weighted by molar-refractivity contribution is 5.98. The highest BCUT2D eigenvalue weighted by atomic mass is 16.5. The molecule has 0 aliphatic heterocycles. The van der Waals surface area contributed by atoms with Gasteiger partial charge in [-0.15, -0.1) is 10.2 Å². The third-order valence-corrected chi connectivity index (χ3v) is 4.83. The van der Waals surface area contributed by atoms with Crippen LogP contribution in [-0.4, -0.2) is 55.1 Å². The number of rotatable bonds is 9. The molecule has 0 amide bonds. The zero-order valence-electron chi connectivity index (χ0n) is 19.2. The largest absolute Gasteiger partial charge is 0.493 e. The minimum absolute atomic E-state index is 0.0866. The second-order valence-corrected chi connectivity index (χ2v) is 6.84. The molecule has 33 heavy (non-hydrogen) atoms. The lowest BCUT2D eigenvalue weighted by molar-refractivity contribution is 0.0437. The fraction of sp³-hybridized carbons (Fsp3) is 0.364. The van der Waals surface area contributed by atoms with E-state index in [2.05, 4.69) is 15.2 Å². The Labute approximate surface area is 189 Å². The Morgan fingerprint density at radius 1 is 0.970 bits per heavy atom. The summed E-state index contributed by atoms with van der Waals surface area (Å²) in [5.74, 6) is 0.371. The van der Waals surface area contributed by atoms with Gasteiger partial charge in [-0.1, -0.05) is 0 Å². The molecular formula is C22H25N3O8. The molecular weight excluding hydrogens is 434 g/mol. The predicted octanol–water partition coefficient (Wildman–Crippen LogP) is 3.24. The Morgan fingerprint density at radius 3 is 2.21 bits per heavy atom.